The lowest BCUT2D eigenvalue weighted by molar-refractivity contribution is 0.451. The predicted molar refractivity (Wildman–Crippen MR) is 238 cm³/mol. The highest BCUT2D eigenvalue weighted by Crippen LogP contribution is 2.43. The maximum absolute atomic E-state index is 9.10. The van der Waals surface area contributed by atoms with E-state index in [1.54, 1.807) is 6.07 Å². The van der Waals surface area contributed by atoms with Crippen LogP contribution >= 0.6 is 0 Å². The molecule has 4 heterocycles. The fourth-order valence-electron chi connectivity index (χ4n) is 8.38. The zero-order valence-electron chi connectivity index (χ0n) is 29.4. The Kier molecular flexibility index (Phi) is 8.80. The second-order valence-electron chi connectivity index (χ2n) is 13.6. The molecule has 7 heteroatoms. The van der Waals surface area contributed by atoms with Crippen molar-refractivity contribution in [2.45, 2.75) is 14.9 Å². The summed E-state index contributed by atoms with van der Waals surface area (Å²) in [7, 11) is 0.679. The molecule has 4 aromatic heterocycles. The quantitative estimate of drug-likeness (QED) is 0.182. The van der Waals surface area contributed by atoms with Crippen LogP contribution in [-0.2, 0) is 0 Å². The Balaban J connectivity index is 0.000000144. The average molecular weight is 742 g/mol. The molecule has 0 unspecified atom stereocenters. The summed E-state index contributed by atoms with van der Waals surface area (Å²) < 4.78 is 22.5. The summed E-state index contributed by atoms with van der Waals surface area (Å²) in [5.74, 6) is 0.487. The van der Waals surface area contributed by atoms with Crippen molar-refractivity contribution >= 4 is 95.2 Å². The van der Waals surface area contributed by atoms with Gasteiger partial charge in [-0.25, -0.2) is 0 Å². The molecular formula is C50H38BN2O4. The monoisotopic (exact) mass is 741 g/mol. The smallest absolute Gasteiger partial charge is 0.535 e. The van der Waals surface area contributed by atoms with Gasteiger partial charge in [0.2, 0.25) is 0 Å². The van der Waals surface area contributed by atoms with Gasteiger partial charge in [0.25, 0.3) is 0 Å². The van der Waals surface area contributed by atoms with Crippen LogP contribution in [0, 0.1) is 0 Å². The van der Waals surface area contributed by atoms with Gasteiger partial charge in [-0.2, -0.15) is 0 Å². The average Bonchev–Trinajstić information content (AvgIpc) is 4.00. The molecule has 275 valence electrons. The van der Waals surface area contributed by atoms with Crippen LogP contribution < -0.4 is 4.65 Å². The van der Waals surface area contributed by atoms with Crippen LogP contribution in [0.4, 0.5) is 0 Å². The van der Waals surface area contributed by atoms with Crippen molar-refractivity contribution in [3.05, 3.63) is 176 Å². The Labute approximate surface area is 329 Å². The summed E-state index contributed by atoms with van der Waals surface area (Å²) >= 11 is 0. The lowest BCUT2D eigenvalue weighted by Crippen LogP contribution is -1.99. The first-order valence-electron chi connectivity index (χ1n) is 18.2. The molecule has 8 aromatic carbocycles. The summed E-state index contributed by atoms with van der Waals surface area (Å²) in [5, 5.41) is 18.0. The molecule has 0 amide bonds. The topological polar surface area (TPSA) is 65.6 Å². The van der Waals surface area contributed by atoms with Crippen LogP contribution in [-0.4, -0.2) is 21.8 Å². The highest BCUT2D eigenvalue weighted by molar-refractivity contribution is 6.25. The molecule has 12 rings (SSSR count). The number of rotatable bonds is 4. The molecule has 0 spiro atoms. The Bertz CT molecular complexity index is 3390. The van der Waals surface area contributed by atoms with E-state index in [2.05, 4.69) is 130 Å². The number of hydrogen-bond donors (Lipinski definition) is 1. The third-order valence-electron chi connectivity index (χ3n) is 10.7. The molecule has 1 N–H and O–H groups in total. The third kappa shape index (κ3) is 5.39. The molecule has 0 fully saturated rings. The summed E-state index contributed by atoms with van der Waals surface area (Å²) in [6.45, 7) is 0. The second kappa shape index (κ2) is 14.1. The lowest BCUT2D eigenvalue weighted by atomic mass is 10.1. The van der Waals surface area contributed by atoms with Gasteiger partial charge in [0.15, 0.2) is 5.58 Å². The number of para-hydroxylation sites is 6. The summed E-state index contributed by atoms with van der Waals surface area (Å²) in [6.07, 6.45) is 0. The van der Waals surface area contributed by atoms with Gasteiger partial charge in [0.1, 0.15) is 22.5 Å². The van der Waals surface area contributed by atoms with Crippen molar-refractivity contribution < 1.29 is 18.5 Å². The van der Waals surface area contributed by atoms with Crippen LogP contribution in [0.2, 0.25) is 0 Å². The second-order valence-corrected chi connectivity index (χ2v) is 13.6. The van der Waals surface area contributed by atoms with Gasteiger partial charge in [0, 0.05) is 43.7 Å². The maximum Gasteiger partial charge on any atom is 0.569 e. The van der Waals surface area contributed by atoms with E-state index in [0.29, 0.717) is 19.0 Å². The van der Waals surface area contributed by atoms with E-state index in [0.717, 1.165) is 60.7 Å². The van der Waals surface area contributed by atoms with Crippen LogP contribution in [0.1, 0.15) is 14.9 Å². The van der Waals surface area contributed by atoms with Gasteiger partial charge in [-0.05, 0) is 72.8 Å². The fourth-order valence-corrected chi connectivity index (χ4v) is 8.38. The number of benzene rings is 8. The molecule has 6 nitrogen and oxygen atoms in total. The Morgan fingerprint density at radius 1 is 0.386 bits per heavy atom. The van der Waals surface area contributed by atoms with E-state index < -0.39 is 0 Å². The number of hydrogen-bond acceptors (Lipinski definition) is 4. The molecule has 0 saturated carbocycles. The van der Waals surface area contributed by atoms with Gasteiger partial charge in [0.05, 0.1) is 32.8 Å². The molecule has 0 aliphatic carbocycles. The van der Waals surface area contributed by atoms with E-state index in [9.17, 15) is 0 Å². The molecule has 0 bridgehead atoms. The standard InChI is InChI=1S/C24H15BNO3.C24H15NO.2CH4/c27-25-29-21-12-6-10-16-17-13-14-20-22(24(17)28-23(16)21)18-9-4-5-11-19(18)26(20)15-7-2-1-3-8-15;1-2-8-16(9-3-1)25-20-12-6-4-11-19(20)23-21(25)15-14-18-17-10-5-7-13-22(17)26-24(18)23;;/h1-14,27H;1-15H;2*1H4. The minimum atomic E-state index is 0. The molecule has 0 aliphatic heterocycles. The minimum Gasteiger partial charge on any atom is -0.535 e. The first-order valence-corrected chi connectivity index (χ1v) is 18.2. The SMILES string of the molecule is C.C.O[B]Oc1cccc2c1oc1c2ccc2c1c1ccccc1n2-c1ccccc1.c1ccc(-n2c3ccccc3c3c4oc5ccccc5c4ccc32)cc1. The van der Waals surface area contributed by atoms with Crippen molar-refractivity contribution in [2.24, 2.45) is 0 Å². The third-order valence-corrected chi connectivity index (χ3v) is 10.7. The Morgan fingerprint density at radius 3 is 1.42 bits per heavy atom. The molecule has 1 radical (unpaired) electrons. The van der Waals surface area contributed by atoms with Crippen LogP contribution in [0.25, 0.3) is 98.9 Å². The largest absolute Gasteiger partial charge is 0.569 e. The van der Waals surface area contributed by atoms with E-state index in [1.807, 2.05) is 48.5 Å². The zero-order valence-corrected chi connectivity index (χ0v) is 29.4. The van der Waals surface area contributed by atoms with Crippen LogP contribution in [0.15, 0.2) is 185 Å². The van der Waals surface area contributed by atoms with E-state index >= 15 is 0 Å². The van der Waals surface area contributed by atoms with Gasteiger partial charge in [-0.1, -0.05) is 118 Å². The summed E-state index contributed by atoms with van der Waals surface area (Å²) in [5.41, 5.74) is 10.2. The van der Waals surface area contributed by atoms with Crippen molar-refractivity contribution in [2.75, 3.05) is 0 Å². The van der Waals surface area contributed by atoms with Crippen molar-refractivity contribution in [1.29, 1.82) is 0 Å². The first kappa shape index (κ1) is 35.5. The summed E-state index contributed by atoms with van der Waals surface area (Å²) in [6, 6.07) is 60.3. The molecule has 0 aliphatic rings. The molecule has 57 heavy (non-hydrogen) atoms. The number of furan rings is 2. The normalized spacial score (nSPS) is 11.3. The first-order chi connectivity index (χ1) is 27.3. The molecular weight excluding hydrogens is 703 g/mol. The van der Waals surface area contributed by atoms with Crippen molar-refractivity contribution in [3.8, 4) is 17.1 Å². The number of fused-ring (bicyclic) bond motifs is 14. The summed E-state index contributed by atoms with van der Waals surface area (Å²) in [4.78, 5) is 0. The zero-order chi connectivity index (χ0) is 36.5. The Morgan fingerprint density at radius 2 is 0.842 bits per heavy atom. The highest BCUT2D eigenvalue weighted by atomic mass is 16.5. The van der Waals surface area contributed by atoms with E-state index in [4.69, 9.17) is 18.5 Å². The predicted octanol–water partition coefficient (Wildman–Crippen LogP) is 13.5. The van der Waals surface area contributed by atoms with Gasteiger partial charge >= 0.3 is 7.69 Å². The molecule has 0 saturated heterocycles. The fraction of sp³-hybridized carbons (Fsp3) is 0.0400. The van der Waals surface area contributed by atoms with Gasteiger partial charge in [-0.3, -0.25) is 0 Å². The number of aromatic nitrogens is 2. The minimum absolute atomic E-state index is 0. The van der Waals surface area contributed by atoms with Crippen molar-refractivity contribution in [1.82, 2.24) is 9.13 Å². The van der Waals surface area contributed by atoms with Crippen LogP contribution in [0.5, 0.6) is 5.75 Å². The molecule has 0 atom stereocenters. The van der Waals surface area contributed by atoms with Gasteiger partial charge in [-0.15, -0.1) is 0 Å². The number of nitrogens with zero attached hydrogens (tertiary/aromatic N) is 2. The van der Waals surface area contributed by atoms with Crippen molar-refractivity contribution in [3.63, 3.8) is 0 Å². The Hall–Kier alpha value is -7.22. The molecule has 12 aromatic rings. The highest BCUT2D eigenvalue weighted by Gasteiger charge is 2.20. The lowest BCUT2D eigenvalue weighted by Gasteiger charge is -2.07. The van der Waals surface area contributed by atoms with E-state index in [1.165, 1.54) is 32.6 Å². The van der Waals surface area contributed by atoms with E-state index in [-0.39, 0.29) is 14.9 Å². The van der Waals surface area contributed by atoms with Crippen LogP contribution in [0.3, 0.4) is 0 Å². The van der Waals surface area contributed by atoms with Gasteiger partial charge < -0.3 is 27.6 Å². The maximum atomic E-state index is 9.10.